The van der Waals surface area contributed by atoms with Crippen LogP contribution in [-0.4, -0.2) is 42.3 Å². The molecule has 0 aromatic rings. The highest BCUT2D eigenvalue weighted by molar-refractivity contribution is 6.90. The number of rotatable bonds is 13. The molecule has 0 amide bonds. The minimum absolute atomic E-state index is 1.03. The molecule has 0 atom stereocenters. The van der Waals surface area contributed by atoms with E-state index < -0.39 is 42.3 Å². The number of unbranched alkanes of at least 4 members (excludes halogenated alkanes) is 3. The van der Waals surface area contributed by atoms with Crippen molar-refractivity contribution >= 4 is 42.3 Å². The van der Waals surface area contributed by atoms with E-state index in [-0.39, 0.29) is 0 Å². The third kappa shape index (κ3) is 14.0. The maximum absolute atomic E-state index is 6.63. The van der Waals surface area contributed by atoms with Gasteiger partial charge in [-0.2, -0.15) is 0 Å². The van der Waals surface area contributed by atoms with E-state index in [1.807, 2.05) is 0 Å². The van der Waals surface area contributed by atoms with Crippen LogP contribution in [0.2, 0.25) is 78.1 Å². The highest BCUT2D eigenvalue weighted by Crippen LogP contribution is 2.27. The van der Waals surface area contributed by atoms with Crippen molar-refractivity contribution in [3.05, 3.63) is 6.92 Å². The Labute approximate surface area is 169 Å². The van der Waals surface area contributed by atoms with Crippen molar-refractivity contribution < 1.29 is 16.5 Å². The van der Waals surface area contributed by atoms with Gasteiger partial charge in [0.1, 0.15) is 0 Å². The van der Waals surface area contributed by atoms with Crippen LogP contribution in [-0.2, 0) is 16.5 Å². The summed E-state index contributed by atoms with van der Waals surface area (Å²) in [6.45, 7) is 28.1. The van der Waals surface area contributed by atoms with Gasteiger partial charge < -0.3 is 16.5 Å². The normalized spacial score (nSPS) is 14.8. The molecule has 0 saturated heterocycles. The van der Waals surface area contributed by atoms with E-state index in [0.717, 1.165) is 6.42 Å². The maximum Gasteiger partial charge on any atom is 0.314 e. The first-order valence-electron chi connectivity index (χ1n) is 9.99. The van der Waals surface area contributed by atoms with Crippen molar-refractivity contribution in [3.63, 3.8) is 0 Å². The molecule has 0 rings (SSSR count). The Balaban J connectivity index is 4.78. The first-order chi connectivity index (χ1) is 11.4. The van der Waals surface area contributed by atoms with Crippen LogP contribution in [0, 0.1) is 6.92 Å². The molecule has 0 aromatic carbocycles. The van der Waals surface area contributed by atoms with Crippen molar-refractivity contribution in [1.82, 2.24) is 0 Å². The van der Waals surface area contributed by atoms with Crippen molar-refractivity contribution in [2.45, 2.75) is 104 Å². The Bertz CT molecular complexity index is 420. The molecule has 9 heteroatoms. The predicted molar refractivity (Wildman–Crippen MR) is 126 cm³/mol. The largest absolute Gasteiger partial charge is 0.437 e. The SMILES string of the molecule is [CH2]CCCCC[Si](C)(C)O[Si](C)(C)O[Si](C)(C)O[Si](C)(C)O[Si](C)(C)C. The maximum atomic E-state index is 6.63. The summed E-state index contributed by atoms with van der Waals surface area (Å²) in [6, 6.07) is 1.19. The van der Waals surface area contributed by atoms with Crippen LogP contribution in [0.25, 0.3) is 0 Å². The Morgan fingerprint density at radius 3 is 1.38 bits per heavy atom. The van der Waals surface area contributed by atoms with E-state index in [9.17, 15) is 0 Å². The summed E-state index contributed by atoms with van der Waals surface area (Å²) in [5, 5.41) is 0. The van der Waals surface area contributed by atoms with Gasteiger partial charge in [-0.05, 0) is 78.1 Å². The molecule has 0 heterocycles. The molecule has 0 aliphatic heterocycles. The van der Waals surface area contributed by atoms with Crippen molar-refractivity contribution in [2.24, 2.45) is 0 Å². The molecule has 0 fully saturated rings. The van der Waals surface area contributed by atoms with Crippen LogP contribution in [0.15, 0.2) is 0 Å². The van der Waals surface area contributed by atoms with E-state index >= 15 is 0 Å². The summed E-state index contributed by atoms with van der Waals surface area (Å²) in [5.41, 5.74) is 0. The van der Waals surface area contributed by atoms with Crippen LogP contribution in [0.4, 0.5) is 0 Å². The van der Waals surface area contributed by atoms with Gasteiger partial charge >= 0.3 is 25.7 Å². The molecule has 0 aliphatic carbocycles. The molecule has 0 saturated carbocycles. The summed E-state index contributed by atoms with van der Waals surface area (Å²) < 4.78 is 26.0. The van der Waals surface area contributed by atoms with Crippen molar-refractivity contribution in [3.8, 4) is 0 Å². The van der Waals surface area contributed by atoms with Gasteiger partial charge in [0.05, 0.1) is 0 Å². The number of hydrogen-bond donors (Lipinski definition) is 0. The zero-order chi connectivity index (χ0) is 20.9. The smallest absolute Gasteiger partial charge is 0.314 e. The van der Waals surface area contributed by atoms with Gasteiger partial charge in [0.15, 0.2) is 16.6 Å². The molecule has 0 unspecified atom stereocenters. The minimum atomic E-state index is -2.31. The second-order valence-electron chi connectivity index (χ2n) is 10.1. The Morgan fingerprint density at radius 2 is 0.962 bits per heavy atom. The Hall–Kier alpha value is 0.924. The van der Waals surface area contributed by atoms with Gasteiger partial charge in [0, 0.05) is 0 Å². The van der Waals surface area contributed by atoms with Crippen molar-refractivity contribution in [2.75, 3.05) is 0 Å². The highest BCUT2D eigenvalue weighted by Gasteiger charge is 2.44. The first-order valence-corrected chi connectivity index (χ1v) is 25.0. The van der Waals surface area contributed by atoms with E-state index in [1.165, 1.54) is 25.3 Å². The molecule has 0 N–H and O–H groups in total. The van der Waals surface area contributed by atoms with Gasteiger partial charge in [0.25, 0.3) is 0 Å². The molecule has 0 aliphatic rings. The second-order valence-corrected chi connectivity index (χ2v) is 30.1. The summed E-state index contributed by atoms with van der Waals surface area (Å²) in [4.78, 5) is 0. The fraction of sp³-hybridized carbons (Fsp3) is 0.941. The van der Waals surface area contributed by atoms with Crippen molar-refractivity contribution in [1.29, 1.82) is 0 Å². The molecule has 4 nitrogen and oxygen atoms in total. The van der Waals surface area contributed by atoms with Crippen LogP contribution in [0.1, 0.15) is 25.7 Å². The zero-order valence-corrected chi connectivity index (χ0v) is 24.4. The lowest BCUT2D eigenvalue weighted by Crippen LogP contribution is -2.58. The summed E-state index contributed by atoms with van der Waals surface area (Å²) in [6.07, 6.45) is 4.73. The fourth-order valence-corrected chi connectivity index (χ4v) is 27.4. The molecular weight excluding hydrogens is 409 g/mol. The average molecular weight is 454 g/mol. The summed E-state index contributed by atoms with van der Waals surface area (Å²) >= 11 is 0. The third-order valence-electron chi connectivity index (χ3n) is 3.59. The third-order valence-corrected chi connectivity index (χ3v) is 21.6. The van der Waals surface area contributed by atoms with Crippen LogP contribution in [0.3, 0.4) is 0 Å². The standard InChI is InChI=1S/C17H45O4Si5/c1-13-14-15-16-17-23(5,6)19-25(9,10)21-26(11,12)20-24(7,8)18-22(2,3)4/h1,13-17H2,2-12H3. The van der Waals surface area contributed by atoms with E-state index in [1.54, 1.807) is 0 Å². The quantitative estimate of drug-likeness (QED) is 0.233. The lowest BCUT2D eigenvalue weighted by atomic mass is 10.2. The highest BCUT2D eigenvalue weighted by atomic mass is 28.5. The lowest BCUT2D eigenvalue weighted by molar-refractivity contribution is 0.299. The molecule has 157 valence electrons. The molecule has 0 bridgehead atoms. The molecule has 0 aromatic heterocycles. The van der Waals surface area contributed by atoms with Gasteiger partial charge in [-0.3, -0.25) is 0 Å². The molecule has 1 radical (unpaired) electrons. The van der Waals surface area contributed by atoms with Gasteiger partial charge in [-0.1, -0.05) is 32.6 Å². The summed E-state index contributed by atoms with van der Waals surface area (Å²) in [7, 11) is -10.1. The van der Waals surface area contributed by atoms with Gasteiger partial charge in [-0.15, -0.1) is 0 Å². The molecule has 0 spiro atoms. The minimum Gasteiger partial charge on any atom is -0.437 e. The molecule has 26 heavy (non-hydrogen) atoms. The average Bonchev–Trinajstić information content (AvgIpc) is 2.26. The van der Waals surface area contributed by atoms with Gasteiger partial charge in [-0.25, -0.2) is 0 Å². The van der Waals surface area contributed by atoms with E-state index in [0.29, 0.717) is 0 Å². The number of hydrogen-bond acceptors (Lipinski definition) is 4. The van der Waals surface area contributed by atoms with Crippen LogP contribution >= 0.6 is 0 Å². The fourth-order valence-electron chi connectivity index (χ4n) is 3.60. The van der Waals surface area contributed by atoms with Crippen LogP contribution < -0.4 is 0 Å². The van der Waals surface area contributed by atoms with E-state index in [2.05, 4.69) is 78.9 Å². The lowest BCUT2D eigenvalue weighted by Gasteiger charge is -2.42. The first kappa shape index (κ1) is 26.9. The Morgan fingerprint density at radius 1 is 0.538 bits per heavy atom. The van der Waals surface area contributed by atoms with E-state index in [4.69, 9.17) is 16.5 Å². The summed E-state index contributed by atoms with van der Waals surface area (Å²) in [5.74, 6) is 0. The zero-order valence-electron chi connectivity index (χ0n) is 19.4. The monoisotopic (exact) mass is 453 g/mol. The Kier molecular flexibility index (Phi) is 10.5. The molecular formula is C17H45O4Si5. The van der Waals surface area contributed by atoms with Gasteiger partial charge in [0.2, 0.25) is 0 Å². The topological polar surface area (TPSA) is 36.9 Å². The second kappa shape index (κ2) is 10.1. The predicted octanol–water partition coefficient (Wildman–Crippen LogP) is 6.59. The van der Waals surface area contributed by atoms with Crippen LogP contribution in [0.5, 0.6) is 0 Å².